The zero-order valence-electron chi connectivity index (χ0n) is 8.43. The third-order valence-electron chi connectivity index (χ3n) is 1.53. The van der Waals surface area contributed by atoms with Gasteiger partial charge in [0.05, 0.1) is 0 Å². The molecule has 0 spiro atoms. The molecule has 0 aliphatic rings. The van der Waals surface area contributed by atoms with Gasteiger partial charge < -0.3 is 10.1 Å². The number of hydrogen-bond acceptors (Lipinski definition) is 6. The summed E-state index contributed by atoms with van der Waals surface area (Å²) in [5.41, 5.74) is 0. The fraction of sp³-hybridized carbons (Fsp3) is 0.429. The van der Waals surface area contributed by atoms with Crippen LogP contribution in [0.2, 0.25) is 0 Å². The second-order valence-electron chi connectivity index (χ2n) is 2.92. The van der Waals surface area contributed by atoms with Crippen LogP contribution in [0.1, 0.15) is 19.8 Å². The van der Waals surface area contributed by atoms with E-state index in [-0.39, 0.29) is 34.0 Å². The molecule has 0 aromatic carbocycles. The van der Waals surface area contributed by atoms with E-state index in [0.29, 0.717) is 0 Å². The van der Waals surface area contributed by atoms with Gasteiger partial charge in [0.15, 0.2) is 11.0 Å². The van der Waals surface area contributed by atoms with Gasteiger partial charge in [0, 0.05) is 12.8 Å². The molecule has 1 amide bonds. The molecular formula is C7H10N4O3S2. The molecule has 88 valence electrons. The maximum Gasteiger partial charge on any atom is 0.226 e. The number of ketones is 1. The second kappa shape index (κ2) is 5.77. The van der Waals surface area contributed by atoms with Crippen molar-refractivity contribution in [3.63, 3.8) is 0 Å². The lowest BCUT2D eigenvalue weighted by molar-refractivity contribution is -0.121. The standard InChI is InChI=1S/C7H10N4O3S2/c1-4(12)2-3-5(13)9-6-10-11-7(15-6)16(8)14/h2-3,8H2,1H3,(H,9,10,13). The Bertz CT molecular complexity index is 431. The van der Waals surface area contributed by atoms with Crippen molar-refractivity contribution in [1.29, 1.82) is 0 Å². The molecule has 0 bridgehead atoms. The predicted octanol–water partition coefficient (Wildman–Crippen LogP) is -0.173. The zero-order chi connectivity index (χ0) is 12.1. The van der Waals surface area contributed by atoms with Crippen LogP contribution in [0.25, 0.3) is 0 Å². The molecular weight excluding hydrogens is 252 g/mol. The van der Waals surface area contributed by atoms with Gasteiger partial charge in [0.1, 0.15) is 5.78 Å². The summed E-state index contributed by atoms with van der Waals surface area (Å²) in [6.45, 7) is 1.41. The fourth-order valence-electron chi connectivity index (χ4n) is 0.813. The van der Waals surface area contributed by atoms with Gasteiger partial charge in [-0.1, -0.05) is 11.3 Å². The van der Waals surface area contributed by atoms with Crippen molar-refractivity contribution in [2.45, 2.75) is 24.1 Å². The average molecular weight is 262 g/mol. The van der Waals surface area contributed by atoms with Gasteiger partial charge in [-0.3, -0.25) is 4.79 Å². The molecule has 0 radical (unpaired) electrons. The smallest absolute Gasteiger partial charge is 0.226 e. The van der Waals surface area contributed by atoms with Gasteiger partial charge >= 0.3 is 0 Å². The first kappa shape index (κ1) is 12.9. The fourth-order valence-corrected chi connectivity index (χ4v) is 1.99. The Morgan fingerprint density at radius 2 is 2.12 bits per heavy atom. The van der Waals surface area contributed by atoms with Crippen molar-refractivity contribution in [1.82, 2.24) is 10.2 Å². The van der Waals surface area contributed by atoms with Crippen LogP contribution in [0.4, 0.5) is 5.13 Å². The van der Waals surface area contributed by atoms with Crippen molar-refractivity contribution in [2.24, 2.45) is 5.14 Å². The SMILES string of the molecule is CC(=O)CCC(=O)Nc1nnc(S(N)=O)s1. The number of nitrogens with one attached hydrogen (secondary N) is 1. The Balaban J connectivity index is 2.49. The number of nitrogens with zero attached hydrogens (tertiary/aromatic N) is 2. The summed E-state index contributed by atoms with van der Waals surface area (Å²) in [5.74, 6) is -0.392. The molecule has 0 aliphatic carbocycles. The average Bonchev–Trinajstić information content (AvgIpc) is 2.63. The summed E-state index contributed by atoms with van der Waals surface area (Å²) in [7, 11) is -1.69. The first-order valence-electron chi connectivity index (χ1n) is 4.28. The number of nitrogens with two attached hydrogens (primary N) is 1. The van der Waals surface area contributed by atoms with E-state index >= 15 is 0 Å². The van der Waals surface area contributed by atoms with Crippen LogP contribution < -0.4 is 10.5 Å². The van der Waals surface area contributed by atoms with E-state index in [1.165, 1.54) is 6.92 Å². The van der Waals surface area contributed by atoms with Crippen LogP contribution in [0.15, 0.2) is 4.34 Å². The van der Waals surface area contributed by atoms with Crippen molar-refractivity contribution in [2.75, 3.05) is 5.32 Å². The molecule has 1 aromatic rings. The molecule has 1 aromatic heterocycles. The second-order valence-corrected chi connectivity index (χ2v) is 5.14. The summed E-state index contributed by atoms with van der Waals surface area (Å²) in [5, 5.41) is 14.8. The number of carbonyl (C=O) groups excluding carboxylic acids is 2. The van der Waals surface area contributed by atoms with Gasteiger partial charge in [-0.2, -0.15) is 0 Å². The van der Waals surface area contributed by atoms with Gasteiger partial charge in [-0.15, -0.1) is 10.2 Å². The summed E-state index contributed by atoms with van der Waals surface area (Å²) in [4.78, 5) is 21.9. The quantitative estimate of drug-likeness (QED) is 0.715. The lowest BCUT2D eigenvalue weighted by Crippen LogP contribution is -2.12. The third-order valence-corrected chi connectivity index (χ3v) is 3.33. The van der Waals surface area contributed by atoms with Crippen molar-refractivity contribution in [3.05, 3.63) is 0 Å². The van der Waals surface area contributed by atoms with E-state index in [1.54, 1.807) is 0 Å². The third kappa shape index (κ3) is 4.13. The molecule has 1 unspecified atom stereocenters. The molecule has 1 rings (SSSR count). The molecule has 9 heteroatoms. The number of aromatic nitrogens is 2. The van der Waals surface area contributed by atoms with Crippen LogP contribution in [-0.2, 0) is 20.6 Å². The minimum absolute atomic E-state index is 0.0591. The molecule has 16 heavy (non-hydrogen) atoms. The first-order valence-corrected chi connectivity index (χ1v) is 6.31. The van der Waals surface area contributed by atoms with Crippen LogP contribution in [-0.4, -0.2) is 26.1 Å². The first-order chi connectivity index (χ1) is 7.49. The Morgan fingerprint density at radius 3 is 2.62 bits per heavy atom. The van der Waals surface area contributed by atoms with Crippen molar-refractivity contribution < 1.29 is 13.8 Å². The molecule has 0 saturated heterocycles. The summed E-state index contributed by atoms with van der Waals surface area (Å²) >= 11 is 0.939. The number of anilines is 1. The van der Waals surface area contributed by atoms with E-state index < -0.39 is 11.0 Å². The van der Waals surface area contributed by atoms with Gasteiger partial charge in [-0.05, 0) is 6.92 Å². The van der Waals surface area contributed by atoms with Crippen LogP contribution in [0.3, 0.4) is 0 Å². The molecule has 1 heterocycles. The normalized spacial score (nSPS) is 12.1. The van der Waals surface area contributed by atoms with Crippen LogP contribution >= 0.6 is 11.3 Å². The highest BCUT2D eigenvalue weighted by atomic mass is 32.2. The Hall–Kier alpha value is -1.19. The van der Waals surface area contributed by atoms with E-state index in [2.05, 4.69) is 15.5 Å². The molecule has 7 nitrogen and oxygen atoms in total. The van der Waals surface area contributed by atoms with Crippen molar-refractivity contribution >= 4 is 39.1 Å². The maximum atomic E-state index is 11.3. The van der Waals surface area contributed by atoms with Gasteiger partial charge in [-0.25, -0.2) is 9.35 Å². The van der Waals surface area contributed by atoms with Crippen molar-refractivity contribution in [3.8, 4) is 0 Å². The summed E-state index contributed by atoms with van der Waals surface area (Å²) in [6.07, 6.45) is 0.274. The van der Waals surface area contributed by atoms with E-state index in [4.69, 9.17) is 5.14 Å². The lowest BCUT2D eigenvalue weighted by Gasteiger charge is -1.97. The summed E-state index contributed by atoms with van der Waals surface area (Å²) in [6, 6.07) is 0. The highest BCUT2D eigenvalue weighted by molar-refractivity contribution is 7.85. The van der Waals surface area contributed by atoms with Gasteiger partial charge in [0.2, 0.25) is 15.4 Å². The number of carbonyl (C=O) groups is 2. The molecule has 3 N–H and O–H groups in total. The Labute approximate surface area is 98.0 Å². The lowest BCUT2D eigenvalue weighted by atomic mass is 10.2. The highest BCUT2D eigenvalue weighted by Crippen LogP contribution is 2.16. The molecule has 0 saturated carbocycles. The van der Waals surface area contributed by atoms with Crippen LogP contribution in [0, 0.1) is 0 Å². The van der Waals surface area contributed by atoms with E-state index in [0.717, 1.165) is 11.3 Å². The molecule has 1 atom stereocenters. The number of rotatable bonds is 5. The largest absolute Gasteiger partial charge is 0.300 e. The highest BCUT2D eigenvalue weighted by Gasteiger charge is 2.10. The van der Waals surface area contributed by atoms with E-state index in [1.807, 2.05) is 0 Å². The Morgan fingerprint density at radius 1 is 1.44 bits per heavy atom. The summed E-state index contributed by atoms with van der Waals surface area (Å²) < 4.78 is 10.9. The predicted molar refractivity (Wildman–Crippen MR) is 59.0 cm³/mol. The zero-order valence-corrected chi connectivity index (χ0v) is 10.1. The number of amides is 1. The number of hydrogen-bond donors (Lipinski definition) is 2. The Kier molecular flexibility index (Phi) is 4.65. The van der Waals surface area contributed by atoms with Gasteiger partial charge in [0.25, 0.3) is 0 Å². The maximum absolute atomic E-state index is 11.3. The number of Topliss-reactive ketones (excluding diaryl/α,β-unsaturated/α-hetero) is 1. The molecule has 0 aliphatic heterocycles. The molecule has 0 fully saturated rings. The topological polar surface area (TPSA) is 115 Å². The monoisotopic (exact) mass is 262 g/mol. The van der Waals surface area contributed by atoms with Crippen LogP contribution in [0.5, 0.6) is 0 Å². The minimum atomic E-state index is -1.69. The van der Waals surface area contributed by atoms with E-state index in [9.17, 15) is 13.8 Å². The minimum Gasteiger partial charge on any atom is -0.300 e.